The predicted octanol–water partition coefficient (Wildman–Crippen LogP) is 1.99. The first kappa shape index (κ1) is 20.8. The van der Waals surface area contributed by atoms with Gasteiger partial charge in [0.1, 0.15) is 23.1 Å². The van der Waals surface area contributed by atoms with Crippen LogP contribution < -0.4 is 9.47 Å². The van der Waals surface area contributed by atoms with Gasteiger partial charge in [0.2, 0.25) is 11.9 Å². The topological polar surface area (TPSA) is 94.0 Å². The number of fused-ring (bicyclic) bond motifs is 1. The molecule has 0 radical (unpaired) electrons. The van der Waals surface area contributed by atoms with E-state index >= 15 is 0 Å². The maximum absolute atomic E-state index is 13.1. The molecule has 162 valence electrons. The van der Waals surface area contributed by atoms with Gasteiger partial charge in [-0.1, -0.05) is 5.16 Å². The van der Waals surface area contributed by atoms with Crippen LogP contribution in [0.1, 0.15) is 24.3 Å². The predicted molar refractivity (Wildman–Crippen MR) is 105 cm³/mol. The minimum atomic E-state index is -1.23. The van der Waals surface area contributed by atoms with Crippen LogP contribution in [-0.4, -0.2) is 65.0 Å². The van der Waals surface area contributed by atoms with Crippen molar-refractivity contribution in [2.45, 2.75) is 25.1 Å². The van der Waals surface area contributed by atoms with E-state index in [0.717, 1.165) is 0 Å². The van der Waals surface area contributed by atoms with Gasteiger partial charge in [-0.05, 0) is 24.6 Å². The highest BCUT2D eigenvalue weighted by Crippen LogP contribution is 2.45. The van der Waals surface area contributed by atoms with Gasteiger partial charge in [-0.2, -0.15) is 0 Å². The number of hydrogen-bond donors (Lipinski definition) is 0. The summed E-state index contributed by atoms with van der Waals surface area (Å²) in [6.45, 7) is 2.67. The molecule has 2 heterocycles. The Balaban J connectivity index is 1.86. The van der Waals surface area contributed by atoms with Crippen LogP contribution >= 0.6 is 0 Å². The molecule has 4 rings (SSSR count). The molecule has 9 heteroatoms. The van der Waals surface area contributed by atoms with Crippen LogP contribution in [0.4, 0.5) is 0 Å². The Kier molecular flexibility index (Phi) is 5.54. The molecule has 0 amide bonds. The lowest BCUT2D eigenvalue weighted by molar-refractivity contribution is -0.248. The molecular weight excluding hydrogens is 394 g/mol. The van der Waals surface area contributed by atoms with Gasteiger partial charge in [0.25, 0.3) is 0 Å². The number of carbonyl (C=O) groups excluding carboxylic acids is 1. The van der Waals surface area contributed by atoms with Gasteiger partial charge in [0.15, 0.2) is 12.1 Å². The normalized spacial score (nSPS) is 25.4. The minimum absolute atomic E-state index is 0.157. The Morgan fingerprint density at radius 2 is 1.77 bits per heavy atom. The average Bonchev–Trinajstić information content (AvgIpc) is 3.44. The molecule has 1 saturated heterocycles. The van der Waals surface area contributed by atoms with Crippen molar-refractivity contribution >= 4 is 11.5 Å². The summed E-state index contributed by atoms with van der Waals surface area (Å²) in [6, 6.07) is 3.51. The first-order valence-electron chi connectivity index (χ1n) is 9.56. The van der Waals surface area contributed by atoms with Crippen LogP contribution in [-0.2, 0) is 28.6 Å². The van der Waals surface area contributed by atoms with Crippen molar-refractivity contribution in [3.05, 3.63) is 34.9 Å². The molecule has 30 heavy (non-hydrogen) atoms. The van der Waals surface area contributed by atoms with Crippen LogP contribution in [0, 0.1) is 5.92 Å². The summed E-state index contributed by atoms with van der Waals surface area (Å²) in [4.78, 5) is 18.8. The van der Waals surface area contributed by atoms with Gasteiger partial charge < -0.3 is 33.3 Å². The Morgan fingerprint density at radius 1 is 1.07 bits per heavy atom. The summed E-state index contributed by atoms with van der Waals surface area (Å²) in [6.07, 6.45) is 0.0813. The molecule has 0 unspecified atom stereocenters. The van der Waals surface area contributed by atoms with E-state index in [1.807, 2.05) is 0 Å². The molecule has 0 saturated carbocycles. The Bertz CT molecular complexity index is 899. The Hall–Kier alpha value is -2.46. The highest BCUT2D eigenvalue weighted by atomic mass is 16.7. The number of carbonyl (C=O) groups is 1. The first-order chi connectivity index (χ1) is 14.5. The van der Waals surface area contributed by atoms with Crippen LogP contribution in [0.3, 0.4) is 0 Å². The van der Waals surface area contributed by atoms with Gasteiger partial charge in [0.05, 0.1) is 33.0 Å². The van der Waals surface area contributed by atoms with Gasteiger partial charge in [0, 0.05) is 25.8 Å². The first-order valence-corrected chi connectivity index (χ1v) is 9.56. The Labute approximate surface area is 174 Å². The van der Waals surface area contributed by atoms with Crippen molar-refractivity contribution in [2.24, 2.45) is 11.1 Å². The summed E-state index contributed by atoms with van der Waals surface area (Å²) in [5.41, 5.74) is 2.23. The third-order valence-electron chi connectivity index (χ3n) is 5.75. The molecule has 0 spiro atoms. The van der Waals surface area contributed by atoms with E-state index in [-0.39, 0.29) is 5.78 Å². The van der Waals surface area contributed by atoms with Crippen LogP contribution in [0.15, 0.2) is 28.9 Å². The number of nitrogens with zero attached hydrogens (tertiary/aromatic N) is 1. The molecule has 1 aliphatic carbocycles. The van der Waals surface area contributed by atoms with E-state index in [0.29, 0.717) is 47.1 Å². The summed E-state index contributed by atoms with van der Waals surface area (Å²) in [5, 5.41) is 4.29. The van der Waals surface area contributed by atoms with E-state index in [9.17, 15) is 4.79 Å². The number of allylic oxidation sites excluding steroid dienone is 1. The zero-order chi connectivity index (χ0) is 21.5. The Morgan fingerprint density at radius 3 is 2.37 bits per heavy atom. The number of ketones is 1. The van der Waals surface area contributed by atoms with Crippen molar-refractivity contribution in [3.63, 3.8) is 0 Å². The molecule has 1 aromatic rings. The van der Waals surface area contributed by atoms with E-state index in [1.165, 1.54) is 27.4 Å². The van der Waals surface area contributed by atoms with Gasteiger partial charge in [-0.15, -0.1) is 0 Å². The van der Waals surface area contributed by atoms with Gasteiger partial charge >= 0.3 is 0 Å². The number of hydrogen-bond acceptors (Lipinski definition) is 9. The fraction of sp³-hybridized carbons (Fsp3) is 0.524. The number of ether oxygens (including phenoxy) is 6. The molecule has 0 bridgehead atoms. The summed E-state index contributed by atoms with van der Waals surface area (Å²) in [5.74, 6) is -1.11. The van der Waals surface area contributed by atoms with E-state index in [2.05, 4.69) is 5.16 Å². The third-order valence-corrected chi connectivity index (χ3v) is 5.75. The summed E-state index contributed by atoms with van der Waals surface area (Å²) < 4.78 is 33.8. The lowest BCUT2D eigenvalue weighted by Crippen LogP contribution is -2.55. The lowest BCUT2D eigenvalue weighted by atomic mass is 9.77. The third kappa shape index (κ3) is 3.01. The molecule has 0 aromatic heterocycles. The van der Waals surface area contributed by atoms with Gasteiger partial charge in [-0.3, -0.25) is 4.79 Å². The summed E-state index contributed by atoms with van der Waals surface area (Å²) in [7, 11) is 6.11. The quantitative estimate of drug-likeness (QED) is 0.646. The minimum Gasteiger partial charge on any atom is -0.497 e. The van der Waals surface area contributed by atoms with Crippen LogP contribution in [0.25, 0.3) is 0 Å². The fourth-order valence-electron chi connectivity index (χ4n) is 4.30. The zero-order valence-electron chi connectivity index (χ0n) is 17.6. The molecule has 2 aliphatic heterocycles. The largest absolute Gasteiger partial charge is 0.497 e. The zero-order valence-corrected chi connectivity index (χ0v) is 17.6. The SMILES string of the molecule is COc1cc(OC)c(C2=NO[C@H]3[C@@H]2C(=O)C=C(C)C3(OC)OC)c(C2OCCO2)c1. The highest BCUT2D eigenvalue weighted by Gasteiger charge is 2.58. The lowest BCUT2D eigenvalue weighted by Gasteiger charge is -2.40. The molecule has 9 nitrogen and oxygen atoms in total. The van der Waals surface area contributed by atoms with Crippen molar-refractivity contribution in [1.29, 1.82) is 0 Å². The molecule has 0 N–H and O–H groups in total. The number of methoxy groups -OCH3 is 4. The van der Waals surface area contributed by atoms with Crippen molar-refractivity contribution in [3.8, 4) is 11.5 Å². The fourth-order valence-corrected chi connectivity index (χ4v) is 4.30. The molecule has 3 aliphatic rings. The number of benzene rings is 1. The standard InChI is InChI=1S/C21H25NO8/c1-11-8-14(23)17-18(22-30-19(17)21(11,26-4)27-5)16-13(20-28-6-7-29-20)9-12(24-2)10-15(16)25-3/h8-10,17,19-20H,6-7H2,1-5H3/t17-,19+/m1/s1. The van der Waals surface area contributed by atoms with E-state index in [4.69, 9.17) is 33.3 Å². The summed E-state index contributed by atoms with van der Waals surface area (Å²) >= 11 is 0. The smallest absolute Gasteiger partial charge is 0.232 e. The van der Waals surface area contributed by atoms with Crippen molar-refractivity contribution < 1.29 is 38.1 Å². The van der Waals surface area contributed by atoms with Gasteiger partial charge in [-0.25, -0.2) is 0 Å². The highest BCUT2D eigenvalue weighted by molar-refractivity contribution is 6.20. The maximum Gasteiger partial charge on any atom is 0.232 e. The van der Waals surface area contributed by atoms with Crippen LogP contribution in [0.5, 0.6) is 11.5 Å². The second-order valence-corrected chi connectivity index (χ2v) is 7.15. The van der Waals surface area contributed by atoms with Crippen LogP contribution in [0.2, 0.25) is 0 Å². The molecular formula is C21H25NO8. The number of oxime groups is 1. The molecule has 2 atom stereocenters. The monoisotopic (exact) mass is 419 g/mol. The second kappa shape index (κ2) is 7.99. The molecule has 1 aromatic carbocycles. The number of rotatable bonds is 6. The van der Waals surface area contributed by atoms with Crippen molar-refractivity contribution in [1.82, 2.24) is 0 Å². The second-order valence-electron chi connectivity index (χ2n) is 7.15. The van der Waals surface area contributed by atoms with E-state index < -0.39 is 24.1 Å². The average molecular weight is 419 g/mol. The maximum atomic E-state index is 13.1. The van der Waals surface area contributed by atoms with Crippen molar-refractivity contribution in [2.75, 3.05) is 41.7 Å². The molecule has 1 fully saturated rings. The van der Waals surface area contributed by atoms with E-state index in [1.54, 1.807) is 26.2 Å².